The fourth-order valence-corrected chi connectivity index (χ4v) is 2.98. The maximum Gasteiger partial charge on any atom is 0.329 e. The Morgan fingerprint density at radius 3 is 2.26 bits per heavy atom. The third kappa shape index (κ3) is 6.33. The minimum absolute atomic E-state index is 0.165. The van der Waals surface area contributed by atoms with E-state index in [0.717, 1.165) is 0 Å². The van der Waals surface area contributed by atoms with Crippen LogP contribution in [0.5, 0.6) is 11.5 Å². The van der Waals surface area contributed by atoms with Gasteiger partial charge in [-0.25, -0.2) is 5.43 Å². The number of hydrogen-bond donors (Lipinski definition) is 3. The molecule has 9 nitrogen and oxygen atoms in total. The molecule has 0 saturated carbocycles. The Morgan fingerprint density at radius 1 is 0.853 bits per heavy atom. The number of hydrogen-bond acceptors (Lipinski definition) is 6. The Bertz CT molecular complexity index is 1230. The summed E-state index contributed by atoms with van der Waals surface area (Å²) in [6.45, 7) is 0. The molecule has 3 aromatic carbocycles. The molecule has 0 fully saturated rings. The monoisotopic (exact) mass is 480 g/mol. The highest BCUT2D eigenvalue weighted by atomic mass is 35.5. The van der Waals surface area contributed by atoms with Gasteiger partial charge in [0.1, 0.15) is 0 Å². The van der Waals surface area contributed by atoms with Crippen LogP contribution in [0.3, 0.4) is 0 Å². The number of amides is 3. The van der Waals surface area contributed by atoms with Gasteiger partial charge in [0, 0.05) is 10.7 Å². The third-order valence-electron chi connectivity index (χ3n) is 4.52. The molecular weight excluding hydrogens is 460 g/mol. The van der Waals surface area contributed by atoms with Gasteiger partial charge in [0.05, 0.1) is 31.7 Å². The van der Waals surface area contributed by atoms with E-state index in [1.807, 2.05) is 0 Å². The number of carbonyl (C=O) groups is 3. The maximum atomic E-state index is 12.7. The van der Waals surface area contributed by atoms with E-state index in [1.165, 1.54) is 32.6 Å². The van der Waals surface area contributed by atoms with Gasteiger partial charge >= 0.3 is 11.8 Å². The molecule has 0 heterocycles. The van der Waals surface area contributed by atoms with E-state index in [1.54, 1.807) is 54.6 Å². The van der Waals surface area contributed by atoms with Gasteiger partial charge in [0.2, 0.25) is 0 Å². The minimum atomic E-state index is -1.01. The summed E-state index contributed by atoms with van der Waals surface area (Å²) in [5.74, 6) is -1.43. The molecule has 174 valence electrons. The number of nitrogens with one attached hydrogen (secondary N) is 3. The number of carbonyl (C=O) groups excluding carboxylic acids is 3. The first-order chi connectivity index (χ1) is 16.4. The van der Waals surface area contributed by atoms with E-state index in [-0.39, 0.29) is 11.3 Å². The molecule has 0 atom stereocenters. The number of methoxy groups -OCH3 is 2. The third-order valence-corrected chi connectivity index (χ3v) is 4.77. The van der Waals surface area contributed by atoms with Crippen LogP contribution in [0.4, 0.5) is 11.4 Å². The van der Waals surface area contributed by atoms with Crippen molar-refractivity contribution in [2.24, 2.45) is 5.10 Å². The summed E-state index contributed by atoms with van der Waals surface area (Å²) in [4.78, 5) is 37.2. The molecule has 0 saturated heterocycles. The molecule has 0 aliphatic carbocycles. The molecule has 0 bridgehead atoms. The molecule has 0 aliphatic heterocycles. The van der Waals surface area contributed by atoms with Gasteiger partial charge in [0.25, 0.3) is 5.91 Å². The molecule has 34 heavy (non-hydrogen) atoms. The largest absolute Gasteiger partial charge is 0.493 e. The smallest absolute Gasteiger partial charge is 0.329 e. The summed E-state index contributed by atoms with van der Waals surface area (Å²) in [6.07, 6.45) is 1.35. The van der Waals surface area contributed by atoms with Crippen molar-refractivity contribution in [2.45, 2.75) is 0 Å². The van der Waals surface area contributed by atoms with Crippen LogP contribution in [0.25, 0.3) is 0 Å². The molecular formula is C24H21ClN4O5. The van der Waals surface area contributed by atoms with Crippen molar-refractivity contribution in [1.82, 2.24) is 5.43 Å². The highest BCUT2D eigenvalue weighted by Crippen LogP contribution is 2.26. The first kappa shape index (κ1) is 24.3. The van der Waals surface area contributed by atoms with Gasteiger partial charge in [-0.3, -0.25) is 14.4 Å². The van der Waals surface area contributed by atoms with Gasteiger partial charge in [-0.05, 0) is 60.2 Å². The van der Waals surface area contributed by atoms with Crippen LogP contribution in [0, 0.1) is 0 Å². The van der Waals surface area contributed by atoms with E-state index in [4.69, 9.17) is 21.1 Å². The van der Waals surface area contributed by atoms with Crippen LogP contribution in [-0.2, 0) is 9.59 Å². The Hall–Kier alpha value is -4.37. The lowest BCUT2D eigenvalue weighted by Crippen LogP contribution is -2.33. The van der Waals surface area contributed by atoms with Crippen molar-refractivity contribution >= 4 is 46.9 Å². The van der Waals surface area contributed by atoms with Crippen LogP contribution < -0.4 is 25.5 Å². The lowest BCUT2D eigenvalue weighted by molar-refractivity contribution is -0.136. The van der Waals surface area contributed by atoms with Crippen molar-refractivity contribution < 1.29 is 23.9 Å². The van der Waals surface area contributed by atoms with Crippen molar-refractivity contribution in [2.75, 3.05) is 24.9 Å². The normalized spacial score (nSPS) is 10.4. The van der Waals surface area contributed by atoms with Gasteiger partial charge in [-0.1, -0.05) is 23.7 Å². The minimum Gasteiger partial charge on any atom is -0.493 e. The maximum absolute atomic E-state index is 12.7. The lowest BCUT2D eigenvalue weighted by atomic mass is 10.1. The van der Waals surface area contributed by atoms with E-state index in [0.29, 0.717) is 27.8 Å². The van der Waals surface area contributed by atoms with Gasteiger partial charge < -0.3 is 20.1 Å². The molecule has 3 amide bonds. The Morgan fingerprint density at radius 2 is 1.56 bits per heavy atom. The first-order valence-corrected chi connectivity index (χ1v) is 10.3. The topological polar surface area (TPSA) is 118 Å². The van der Waals surface area contributed by atoms with Gasteiger partial charge in [-0.2, -0.15) is 5.10 Å². The van der Waals surface area contributed by atoms with Crippen molar-refractivity contribution in [1.29, 1.82) is 0 Å². The first-order valence-electron chi connectivity index (χ1n) is 9.93. The van der Waals surface area contributed by atoms with Crippen LogP contribution in [-0.4, -0.2) is 38.2 Å². The summed E-state index contributed by atoms with van der Waals surface area (Å²) in [7, 11) is 3.02. The quantitative estimate of drug-likeness (QED) is 0.271. The molecule has 10 heteroatoms. The van der Waals surface area contributed by atoms with Crippen molar-refractivity contribution in [3.63, 3.8) is 0 Å². The lowest BCUT2D eigenvalue weighted by Gasteiger charge is -2.11. The highest BCUT2D eigenvalue weighted by Gasteiger charge is 2.18. The van der Waals surface area contributed by atoms with Crippen LogP contribution >= 0.6 is 11.6 Å². The highest BCUT2D eigenvalue weighted by molar-refractivity contribution is 6.40. The van der Waals surface area contributed by atoms with Crippen LogP contribution in [0.1, 0.15) is 15.9 Å². The summed E-state index contributed by atoms with van der Waals surface area (Å²) < 4.78 is 10.4. The summed E-state index contributed by atoms with van der Waals surface area (Å²) in [5, 5.41) is 9.45. The standard InChI is InChI=1S/C24H21ClN4O5/c1-33-20-12-7-15(13-21(20)34-2)14-26-29-24(32)23(31)28-19-6-4-3-5-18(19)22(30)27-17-10-8-16(25)9-11-17/h3-14H,1-2H3,(H,27,30)(H,28,31)(H,29,32)/b26-14+. The molecule has 3 aromatic rings. The molecule has 0 radical (unpaired) electrons. The molecule has 0 unspecified atom stereocenters. The zero-order valence-electron chi connectivity index (χ0n) is 18.3. The fourth-order valence-electron chi connectivity index (χ4n) is 2.85. The summed E-state index contributed by atoms with van der Waals surface area (Å²) in [6, 6.07) is 17.9. The molecule has 3 rings (SSSR count). The number of hydrazone groups is 1. The van der Waals surface area contributed by atoms with E-state index in [2.05, 4.69) is 21.2 Å². The Balaban J connectivity index is 1.63. The van der Waals surface area contributed by atoms with Crippen molar-refractivity contribution in [3.05, 3.63) is 82.9 Å². The summed E-state index contributed by atoms with van der Waals surface area (Å²) in [5.41, 5.74) is 3.62. The van der Waals surface area contributed by atoms with E-state index < -0.39 is 17.7 Å². The SMILES string of the molecule is COc1ccc(/C=N/NC(=O)C(=O)Nc2ccccc2C(=O)Nc2ccc(Cl)cc2)cc1OC. The van der Waals surface area contributed by atoms with Crippen LogP contribution in [0.15, 0.2) is 71.8 Å². The number of para-hydroxylation sites is 1. The number of rotatable bonds is 7. The van der Waals surface area contributed by atoms with Gasteiger partial charge in [0.15, 0.2) is 11.5 Å². The number of ether oxygens (including phenoxy) is 2. The Kier molecular flexibility index (Phi) is 8.20. The average molecular weight is 481 g/mol. The second kappa shape index (κ2) is 11.5. The number of benzene rings is 3. The predicted octanol–water partition coefficient (Wildman–Crippen LogP) is 3.70. The molecule has 3 N–H and O–H groups in total. The molecule has 0 aliphatic rings. The molecule has 0 aromatic heterocycles. The second-order valence-corrected chi connectivity index (χ2v) is 7.21. The number of nitrogens with zero attached hydrogens (tertiary/aromatic N) is 1. The number of anilines is 2. The zero-order valence-corrected chi connectivity index (χ0v) is 19.1. The molecule has 0 spiro atoms. The average Bonchev–Trinajstić information content (AvgIpc) is 2.85. The fraction of sp³-hybridized carbons (Fsp3) is 0.0833. The zero-order chi connectivity index (χ0) is 24.5. The van der Waals surface area contributed by atoms with Crippen LogP contribution in [0.2, 0.25) is 5.02 Å². The number of halogens is 1. The predicted molar refractivity (Wildman–Crippen MR) is 130 cm³/mol. The van der Waals surface area contributed by atoms with Crippen molar-refractivity contribution in [3.8, 4) is 11.5 Å². The second-order valence-electron chi connectivity index (χ2n) is 6.77. The van der Waals surface area contributed by atoms with E-state index >= 15 is 0 Å². The van der Waals surface area contributed by atoms with E-state index in [9.17, 15) is 14.4 Å². The summed E-state index contributed by atoms with van der Waals surface area (Å²) >= 11 is 5.86. The van der Waals surface area contributed by atoms with Gasteiger partial charge in [-0.15, -0.1) is 0 Å². The Labute approximate surface area is 200 Å².